The Morgan fingerprint density at radius 1 is 1.57 bits per heavy atom. The highest BCUT2D eigenvalue weighted by Gasteiger charge is 2.15. The SMILES string of the molecule is COC(=O)C[C@@H](O)c1ccccc1Cl. The number of carbonyl (C=O) groups excluding carboxylic acids is 1. The minimum Gasteiger partial charge on any atom is -0.469 e. The van der Waals surface area contributed by atoms with Gasteiger partial charge in [0.2, 0.25) is 0 Å². The van der Waals surface area contributed by atoms with Gasteiger partial charge in [-0.05, 0) is 11.6 Å². The van der Waals surface area contributed by atoms with Crippen LogP contribution in [-0.4, -0.2) is 18.2 Å². The zero-order chi connectivity index (χ0) is 10.6. The number of carbonyl (C=O) groups is 1. The fourth-order valence-electron chi connectivity index (χ4n) is 1.10. The number of aliphatic hydroxyl groups is 1. The van der Waals surface area contributed by atoms with Crippen molar-refractivity contribution in [3.05, 3.63) is 34.9 Å². The third kappa shape index (κ3) is 2.72. The van der Waals surface area contributed by atoms with Gasteiger partial charge in [-0.25, -0.2) is 0 Å². The van der Waals surface area contributed by atoms with Crippen LogP contribution in [0.1, 0.15) is 18.1 Å². The van der Waals surface area contributed by atoms with Crippen LogP contribution in [-0.2, 0) is 9.53 Å². The predicted molar refractivity (Wildman–Crippen MR) is 53.0 cm³/mol. The second-order valence-corrected chi connectivity index (χ2v) is 3.22. The minimum atomic E-state index is -0.906. The van der Waals surface area contributed by atoms with Gasteiger partial charge >= 0.3 is 5.97 Å². The largest absolute Gasteiger partial charge is 0.469 e. The van der Waals surface area contributed by atoms with E-state index in [0.29, 0.717) is 10.6 Å². The Morgan fingerprint density at radius 2 is 2.21 bits per heavy atom. The molecule has 1 rings (SSSR count). The molecule has 1 aromatic carbocycles. The first-order valence-corrected chi connectivity index (χ1v) is 4.52. The first kappa shape index (κ1) is 11.0. The van der Waals surface area contributed by atoms with Crippen LogP contribution in [0.15, 0.2) is 24.3 Å². The third-order valence-corrected chi connectivity index (χ3v) is 2.20. The highest BCUT2D eigenvalue weighted by Crippen LogP contribution is 2.24. The second-order valence-electron chi connectivity index (χ2n) is 2.82. The van der Waals surface area contributed by atoms with E-state index >= 15 is 0 Å². The van der Waals surface area contributed by atoms with Gasteiger partial charge in [0, 0.05) is 5.02 Å². The molecule has 0 aromatic heterocycles. The zero-order valence-corrected chi connectivity index (χ0v) is 8.49. The Kier molecular flexibility index (Phi) is 3.92. The zero-order valence-electron chi connectivity index (χ0n) is 7.74. The molecule has 0 aliphatic carbocycles. The molecule has 0 fully saturated rings. The van der Waals surface area contributed by atoms with Gasteiger partial charge < -0.3 is 9.84 Å². The molecule has 1 N–H and O–H groups in total. The van der Waals surface area contributed by atoms with E-state index in [2.05, 4.69) is 4.74 Å². The molecule has 3 nitrogen and oxygen atoms in total. The lowest BCUT2D eigenvalue weighted by Gasteiger charge is -2.10. The Balaban J connectivity index is 2.74. The number of hydrogen-bond donors (Lipinski definition) is 1. The number of rotatable bonds is 3. The van der Waals surface area contributed by atoms with Crippen LogP contribution in [0.25, 0.3) is 0 Å². The van der Waals surface area contributed by atoms with Gasteiger partial charge in [0.25, 0.3) is 0 Å². The maximum atomic E-state index is 10.9. The van der Waals surface area contributed by atoms with Crippen molar-refractivity contribution in [3.63, 3.8) is 0 Å². The summed E-state index contributed by atoms with van der Waals surface area (Å²) in [5, 5.41) is 10.1. The summed E-state index contributed by atoms with van der Waals surface area (Å²) in [7, 11) is 1.28. The van der Waals surface area contributed by atoms with E-state index in [1.54, 1.807) is 24.3 Å². The fourth-order valence-corrected chi connectivity index (χ4v) is 1.36. The van der Waals surface area contributed by atoms with E-state index in [9.17, 15) is 9.90 Å². The van der Waals surface area contributed by atoms with Gasteiger partial charge in [0.05, 0.1) is 19.6 Å². The minimum absolute atomic E-state index is 0.0831. The van der Waals surface area contributed by atoms with Gasteiger partial charge in [-0.2, -0.15) is 0 Å². The van der Waals surface area contributed by atoms with Crippen molar-refractivity contribution in [2.24, 2.45) is 0 Å². The van der Waals surface area contributed by atoms with Crippen molar-refractivity contribution in [2.75, 3.05) is 7.11 Å². The number of halogens is 1. The molecule has 0 heterocycles. The van der Waals surface area contributed by atoms with Crippen molar-refractivity contribution in [2.45, 2.75) is 12.5 Å². The third-order valence-electron chi connectivity index (χ3n) is 1.85. The summed E-state index contributed by atoms with van der Waals surface area (Å²) in [6, 6.07) is 6.85. The normalized spacial score (nSPS) is 12.2. The topological polar surface area (TPSA) is 46.5 Å². The standard InChI is InChI=1S/C10H11ClO3/c1-14-10(13)6-9(12)7-4-2-3-5-8(7)11/h2-5,9,12H,6H2,1H3/t9-/m1/s1. The molecule has 4 heteroatoms. The summed E-state index contributed by atoms with van der Waals surface area (Å²) in [6.07, 6.45) is -0.989. The highest BCUT2D eigenvalue weighted by molar-refractivity contribution is 6.31. The van der Waals surface area contributed by atoms with Crippen LogP contribution in [0.4, 0.5) is 0 Å². The monoisotopic (exact) mass is 214 g/mol. The van der Waals surface area contributed by atoms with Crippen molar-refractivity contribution in [1.29, 1.82) is 0 Å². The van der Waals surface area contributed by atoms with Gasteiger partial charge in [-0.3, -0.25) is 4.79 Å². The molecule has 0 aliphatic rings. The summed E-state index contributed by atoms with van der Waals surface area (Å²) in [6.45, 7) is 0. The lowest BCUT2D eigenvalue weighted by Crippen LogP contribution is -2.08. The molecule has 76 valence electrons. The predicted octanol–water partition coefficient (Wildman–Crippen LogP) is 1.94. The van der Waals surface area contributed by atoms with Crippen molar-refractivity contribution < 1.29 is 14.6 Å². The molecule has 0 saturated carbocycles. The first-order chi connectivity index (χ1) is 6.65. The summed E-state index contributed by atoms with van der Waals surface area (Å²) in [5.74, 6) is -0.461. The molecular weight excluding hydrogens is 204 g/mol. The van der Waals surface area contributed by atoms with Crippen LogP contribution in [0.5, 0.6) is 0 Å². The Hall–Kier alpha value is -1.06. The van der Waals surface area contributed by atoms with Gasteiger partial charge in [-0.15, -0.1) is 0 Å². The Morgan fingerprint density at radius 3 is 2.79 bits per heavy atom. The molecule has 0 unspecified atom stereocenters. The quantitative estimate of drug-likeness (QED) is 0.783. The molecule has 0 spiro atoms. The molecule has 1 aromatic rings. The molecule has 0 aliphatic heterocycles. The van der Waals surface area contributed by atoms with E-state index < -0.39 is 12.1 Å². The van der Waals surface area contributed by atoms with Crippen molar-refractivity contribution >= 4 is 17.6 Å². The number of hydrogen-bond acceptors (Lipinski definition) is 3. The van der Waals surface area contributed by atoms with Crippen LogP contribution in [0.3, 0.4) is 0 Å². The van der Waals surface area contributed by atoms with Gasteiger partial charge in [-0.1, -0.05) is 29.8 Å². The van der Waals surface area contributed by atoms with E-state index in [1.807, 2.05) is 0 Å². The molecule has 0 amide bonds. The van der Waals surface area contributed by atoms with E-state index in [-0.39, 0.29) is 6.42 Å². The molecule has 0 bridgehead atoms. The molecule has 0 radical (unpaired) electrons. The summed E-state index contributed by atoms with van der Waals surface area (Å²) in [4.78, 5) is 10.9. The summed E-state index contributed by atoms with van der Waals surface area (Å²) >= 11 is 5.83. The number of methoxy groups -OCH3 is 1. The lowest BCUT2D eigenvalue weighted by atomic mass is 10.1. The van der Waals surface area contributed by atoms with Gasteiger partial charge in [0.1, 0.15) is 0 Å². The summed E-state index contributed by atoms with van der Waals surface area (Å²) in [5.41, 5.74) is 0.541. The van der Waals surface area contributed by atoms with Gasteiger partial charge in [0.15, 0.2) is 0 Å². The summed E-state index contributed by atoms with van der Waals surface area (Å²) < 4.78 is 4.44. The highest BCUT2D eigenvalue weighted by atomic mass is 35.5. The Bertz CT molecular complexity index is 325. The fraction of sp³-hybridized carbons (Fsp3) is 0.300. The lowest BCUT2D eigenvalue weighted by molar-refractivity contribution is -0.142. The van der Waals surface area contributed by atoms with E-state index in [1.165, 1.54) is 7.11 Å². The van der Waals surface area contributed by atoms with Crippen LogP contribution < -0.4 is 0 Å². The van der Waals surface area contributed by atoms with E-state index in [0.717, 1.165) is 0 Å². The second kappa shape index (κ2) is 4.98. The first-order valence-electron chi connectivity index (χ1n) is 4.14. The number of ether oxygens (including phenoxy) is 1. The van der Waals surface area contributed by atoms with Crippen LogP contribution in [0.2, 0.25) is 5.02 Å². The smallest absolute Gasteiger partial charge is 0.308 e. The van der Waals surface area contributed by atoms with Crippen molar-refractivity contribution in [1.82, 2.24) is 0 Å². The maximum Gasteiger partial charge on any atom is 0.308 e. The molecule has 0 saturated heterocycles. The molecule has 14 heavy (non-hydrogen) atoms. The average Bonchev–Trinajstić information content (AvgIpc) is 2.18. The number of esters is 1. The Labute approximate surface area is 87.3 Å². The molecular formula is C10H11ClO3. The number of benzene rings is 1. The van der Waals surface area contributed by atoms with E-state index in [4.69, 9.17) is 11.6 Å². The van der Waals surface area contributed by atoms with Crippen LogP contribution >= 0.6 is 11.6 Å². The average molecular weight is 215 g/mol. The van der Waals surface area contributed by atoms with Crippen LogP contribution in [0, 0.1) is 0 Å². The van der Waals surface area contributed by atoms with Crippen molar-refractivity contribution in [3.8, 4) is 0 Å². The molecule has 1 atom stereocenters. The number of aliphatic hydroxyl groups excluding tert-OH is 1. The maximum absolute atomic E-state index is 10.9.